The van der Waals surface area contributed by atoms with Gasteiger partial charge >= 0.3 is 0 Å². The summed E-state index contributed by atoms with van der Waals surface area (Å²) in [5.74, 6) is 0. The van der Waals surface area contributed by atoms with E-state index in [2.05, 4.69) is 49.9 Å². The molecule has 0 amide bonds. The molecule has 0 N–H and O–H groups in total. The molecule has 1 heterocycles. The Hall–Kier alpha value is -0.660. The van der Waals surface area contributed by atoms with E-state index in [4.69, 9.17) is 0 Å². The first kappa shape index (κ1) is 8.44. The Labute approximate surface area is 69.5 Å². The van der Waals surface area contributed by atoms with Crippen molar-refractivity contribution >= 4 is 0 Å². The van der Waals surface area contributed by atoms with Gasteiger partial charge < -0.3 is 9.80 Å². The summed E-state index contributed by atoms with van der Waals surface area (Å²) in [6, 6.07) is 0.609. The minimum Gasteiger partial charge on any atom is -0.357 e. The number of hydrogen-bond donors (Lipinski definition) is 0. The van der Waals surface area contributed by atoms with Crippen LogP contribution in [-0.4, -0.2) is 28.6 Å². The molecule has 11 heavy (non-hydrogen) atoms. The fourth-order valence-corrected chi connectivity index (χ4v) is 1.56. The summed E-state index contributed by atoms with van der Waals surface area (Å²) in [5.41, 5.74) is 0. The highest BCUT2D eigenvalue weighted by Crippen LogP contribution is 2.17. The van der Waals surface area contributed by atoms with Crippen LogP contribution in [0.1, 0.15) is 27.7 Å². The van der Waals surface area contributed by atoms with Crippen LogP contribution in [0.2, 0.25) is 0 Å². The summed E-state index contributed by atoms with van der Waals surface area (Å²) >= 11 is 0. The first-order valence-electron chi connectivity index (χ1n) is 4.38. The van der Waals surface area contributed by atoms with E-state index in [1.54, 1.807) is 0 Å². The summed E-state index contributed by atoms with van der Waals surface area (Å²) in [6.45, 7) is 9.97. The number of rotatable bonds is 2. The van der Waals surface area contributed by atoms with E-state index >= 15 is 0 Å². The standard InChI is InChI=1S/C9H18N2/c1-5-10-6-7-11(8(2)3)9(10)4/h6-9H,5H2,1-4H3. The Kier molecular flexibility index (Phi) is 2.42. The minimum absolute atomic E-state index is 0.542. The molecule has 0 spiro atoms. The van der Waals surface area contributed by atoms with Crippen LogP contribution in [0.15, 0.2) is 12.4 Å². The number of hydrogen-bond acceptors (Lipinski definition) is 2. The topological polar surface area (TPSA) is 6.48 Å². The zero-order valence-corrected chi connectivity index (χ0v) is 7.91. The van der Waals surface area contributed by atoms with Crippen molar-refractivity contribution in [3.8, 4) is 0 Å². The second-order valence-corrected chi connectivity index (χ2v) is 3.30. The molecule has 1 atom stereocenters. The largest absolute Gasteiger partial charge is 0.357 e. The smallest absolute Gasteiger partial charge is 0.0980 e. The Morgan fingerprint density at radius 2 is 2.00 bits per heavy atom. The summed E-state index contributed by atoms with van der Waals surface area (Å²) in [5, 5.41) is 0. The molecule has 0 saturated heterocycles. The Morgan fingerprint density at radius 3 is 2.27 bits per heavy atom. The third-order valence-electron chi connectivity index (χ3n) is 2.30. The highest BCUT2D eigenvalue weighted by Gasteiger charge is 2.21. The molecule has 0 aromatic heterocycles. The quantitative estimate of drug-likeness (QED) is 0.599. The van der Waals surface area contributed by atoms with Gasteiger partial charge in [-0.05, 0) is 27.7 Å². The van der Waals surface area contributed by atoms with Crippen molar-refractivity contribution in [3.05, 3.63) is 12.4 Å². The van der Waals surface area contributed by atoms with E-state index in [0.717, 1.165) is 6.54 Å². The molecule has 1 unspecified atom stereocenters. The van der Waals surface area contributed by atoms with Crippen molar-refractivity contribution in [1.29, 1.82) is 0 Å². The van der Waals surface area contributed by atoms with Gasteiger partial charge in [-0.2, -0.15) is 0 Å². The Balaban J connectivity index is 2.56. The lowest BCUT2D eigenvalue weighted by Crippen LogP contribution is -2.39. The van der Waals surface area contributed by atoms with E-state index in [9.17, 15) is 0 Å². The highest BCUT2D eigenvalue weighted by atomic mass is 15.4. The average molecular weight is 154 g/mol. The lowest BCUT2D eigenvalue weighted by atomic mass is 10.3. The van der Waals surface area contributed by atoms with Crippen molar-refractivity contribution in [1.82, 2.24) is 9.80 Å². The first-order valence-corrected chi connectivity index (χ1v) is 4.38. The Bertz CT molecular complexity index is 152. The van der Waals surface area contributed by atoms with Crippen molar-refractivity contribution in [3.63, 3.8) is 0 Å². The van der Waals surface area contributed by atoms with Gasteiger partial charge in [0, 0.05) is 25.0 Å². The van der Waals surface area contributed by atoms with E-state index in [-0.39, 0.29) is 0 Å². The Morgan fingerprint density at radius 1 is 1.36 bits per heavy atom. The fourth-order valence-electron chi connectivity index (χ4n) is 1.56. The van der Waals surface area contributed by atoms with Gasteiger partial charge in [0.1, 0.15) is 0 Å². The molecule has 1 aliphatic rings. The van der Waals surface area contributed by atoms with Crippen LogP contribution in [0.25, 0.3) is 0 Å². The second kappa shape index (κ2) is 3.16. The molecule has 0 aliphatic carbocycles. The zero-order chi connectivity index (χ0) is 8.43. The maximum Gasteiger partial charge on any atom is 0.0980 e. The predicted octanol–water partition coefficient (Wildman–Crippen LogP) is 1.85. The monoisotopic (exact) mass is 154 g/mol. The molecule has 0 fully saturated rings. The van der Waals surface area contributed by atoms with Crippen LogP contribution in [0.4, 0.5) is 0 Å². The third-order valence-corrected chi connectivity index (χ3v) is 2.30. The molecule has 2 heteroatoms. The van der Waals surface area contributed by atoms with Crippen molar-refractivity contribution in [2.45, 2.75) is 39.9 Å². The molecule has 2 nitrogen and oxygen atoms in total. The SMILES string of the molecule is CCN1C=CN(C(C)C)C1C. The van der Waals surface area contributed by atoms with Gasteiger partial charge in [0.25, 0.3) is 0 Å². The summed E-state index contributed by atoms with van der Waals surface area (Å²) in [7, 11) is 0. The zero-order valence-electron chi connectivity index (χ0n) is 7.91. The van der Waals surface area contributed by atoms with Gasteiger partial charge in [-0.25, -0.2) is 0 Å². The second-order valence-electron chi connectivity index (χ2n) is 3.30. The maximum atomic E-state index is 2.36. The molecule has 0 bridgehead atoms. The molecule has 1 rings (SSSR count). The van der Waals surface area contributed by atoms with Gasteiger partial charge in [0.2, 0.25) is 0 Å². The normalized spacial score (nSPS) is 23.9. The minimum atomic E-state index is 0.542. The van der Waals surface area contributed by atoms with Gasteiger partial charge in [0.15, 0.2) is 0 Å². The summed E-state index contributed by atoms with van der Waals surface area (Å²) in [4.78, 5) is 4.70. The molecular weight excluding hydrogens is 136 g/mol. The van der Waals surface area contributed by atoms with E-state index < -0.39 is 0 Å². The summed E-state index contributed by atoms with van der Waals surface area (Å²) < 4.78 is 0. The fraction of sp³-hybridized carbons (Fsp3) is 0.778. The molecular formula is C9H18N2. The highest BCUT2D eigenvalue weighted by molar-refractivity contribution is 4.96. The van der Waals surface area contributed by atoms with Crippen molar-refractivity contribution < 1.29 is 0 Å². The maximum absolute atomic E-state index is 2.36. The van der Waals surface area contributed by atoms with Crippen LogP contribution >= 0.6 is 0 Å². The molecule has 0 aromatic rings. The predicted molar refractivity (Wildman–Crippen MR) is 48.0 cm³/mol. The lowest BCUT2D eigenvalue weighted by molar-refractivity contribution is 0.148. The molecule has 64 valence electrons. The van der Waals surface area contributed by atoms with Crippen molar-refractivity contribution in [2.24, 2.45) is 0 Å². The molecule has 1 aliphatic heterocycles. The molecule has 0 aromatic carbocycles. The summed E-state index contributed by atoms with van der Waals surface area (Å²) in [6.07, 6.45) is 4.89. The number of nitrogens with zero attached hydrogens (tertiary/aromatic N) is 2. The van der Waals surface area contributed by atoms with Gasteiger partial charge in [-0.1, -0.05) is 0 Å². The van der Waals surface area contributed by atoms with Gasteiger partial charge in [-0.3, -0.25) is 0 Å². The average Bonchev–Trinajstić information content (AvgIpc) is 2.30. The van der Waals surface area contributed by atoms with Crippen LogP contribution in [-0.2, 0) is 0 Å². The van der Waals surface area contributed by atoms with Crippen LogP contribution < -0.4 is 0 Å². The third kappa shape index (κ3) is 1.50. The molecule has 0 saturated carbocycles. The molecule has 0 radical (unpaired) electrons. The van der Waals surface area contributed by atoms with Crippen LogP contribution in [0.3, 0.4) is 0 Å². The van der Waals surface area contributed by atoms with Gasteiger partial charge in [-0.15, -0.1) is 0 Å². The van der Waals surface area contributed by atoms with Crippen molar-refractivity contribution in [2.75, 3.05) is 6.54 Å². The van der Waals surface area contributed by atoms with E-state index in [1.165, 1.54) is 0 Å². The lowest BCUT2D eigenvalue weighted by Gasteiger charge is -2.31. The van der Waals surface area contributed by atoms with E-state index in [1.807, 2.05) is 0 Å². The van der Waals surface area contributed by atoms with Gasteiger partial charge in [0.05, 0.1) is 6.17 Å². The van der Waals surface area contributed by atoms with E-state index in [0.29, 0.717) is 12.2 Å². The van der Waals surface area contributed by atoms with Crippen LogP contribution in [0.5, 0.6) is 0 Å². The van der Waals surface area contributed by atoms with Crippen LogP contribution in [0, 0.1) is 0 Å². The first-order chi connectivity index (χ1) is 5.16.